The third-order valence-electron chi connectivity index (χ3n) is 5.77. The first kappa shape index (κ1) is 21.4. The molecule has 2 aromatic carbocycles. The van der Waals surface area contributed by atoms with Crippen LogP contribution in [-0.2, 0) is 17.8 Å². The van der Waals surface area contributed by atoms with Crippen molar-refractivity contribution in [1.29, 1.82) is 0 Å². The number of aromatic nitrogens is 4. The predicted octanol–water partition coefficient (Wildman–Crippen LogP) is 2.24. The summed E-state index contributed by atoms with van der Waals surface area (Å²) in [4.78, 5) is 4.95. The van der Waals surface area contributed by atoms with Crippen molar-refractivity contribution in [3.63, 3.8) is 0 Å². The van der Waals surface area contributed by atoms with E-state index in [1.807, 2.05) is 22.9 Å². The van der Waals surface area contributed by atoms with E-state index in [2.05, 4.69) is 61.7 Å². The van der Waals surface area contributed by atoms with E-state index in [4.69, 9.17) is 9.47 Å². The van der Waals surface area contributed by atoms with Gasteiger partial charge in [0, 0.05) is 45.4 Å². The van der Waals surface area contributed by atoms with Crippen LogP contribution in [0.1, 0.15) is 23.0 Å². The summed E-state index contributed by atoms with van der Waals surface area (Å²) in [6.07, 6.45) is 0. The van der Waals surface area contributed by atoms with Crippen molar-refractivity contribution in [2.75, 3.05) is 47.0 Å². The van der Waals surface area contributed by atoms with Gasteiger partial charge >= 0.3 is 0 Å². The van der Waals surface area contributed by atoms with Crippen LogP contribution in [0.25, 0.3) is 0 Å². The molecule has 0 radical (unpaired) electrons. The maximum Gasteiger partial charge on any atom is 0.173 e. The van der Waals surface area contributed by atoms with Gasteiger partial charge in [-0.05, 0) is 22.1 Å². The molecule has 1 fully saturated rings. The summed E-state index contributed by atoms with van der Waals surface area (Å²) in [5, 5.41) is 12.6. The first-order valence-corrected chi connectivity index (χ1v) is 10.7. The monoisotopic (exact) mass is 422 g/mol. The molecule has 3 aromatic rings. The Morgan fingerprint density at radius 3 is 2.42 bits per heavy atom. The van der Waals surface area contributed by atoms with Gasteiger partial charge in [-0.15, -0.1) is 5.10 Å². The number of piperazine rings is 1. The van der Waals surface area contributed by atoms with Gasteiger partial charge in [0.15, 0.2) is 5.82 Å². The first-order chi connectivity index (χ1) is 15.3. The van der Waals surface area contributed by atoms with Crippen LogP contribution >= 0.6 is 0 Å². The molecule has 31 heavy (non-hydrogen) atoms. The molecule has 0 saturated carbocycles. The molecule has 8 heteroatoms. The van der Waals surface area contributed by atoms with Crippen molar-refractivity contribution in [3.8, 4) is 5.75 Å². The molecule has 1 aromatic heterocycles. The summed E-state index contributed by atoms with van der Waals surface area (Å²) in [7, 11) is 3.40. The van der Waals surface area contributed by atoms with E-state index in [0.29, 0.717) is 13.2 Å². The summed E-state index contributed by atoms with van der Waals surface area (Å²) in [5.74, 6) is 1.67. The van der Waals surface area contributed by atoms with Crippen molar-refractivity contribution in [1.82, 2.24) is 30.0 Å². The fraction of sp³-hybridized carbons (Fsp3) is 0.435. The van der Waals surface area contributed by atoms with Gasteiger partial charge in [-0.25, -0.2) is 4.68 Å². The summed E-state index contributed by atoms with van der Waals surface area (Å²) in [6, 6.07) is 18.7. The predicted molar refractivity (Wildman–Crippen MR) is 118 cm³/mol. The molecule has 0 aliphatic carbocycles. The van der Waals surface area contributed by atoms with E-state index in [1.54, 1.807) is 14.2 Å². The zero-order valence-electron chi connectivity index (χ0n) is 18.2. The van der Waals surface area contributed by atoms with Crippen LogP contribution in [0, 0.1) is 0 Å². The average molecular weight is 423 g/mol. The van der Waals surface area contributed by atoms with Crippen molar-refractivity contribution in [3.05, 3.63) is 71.5 Å². The van der Waals surface area contributed by atoms with Crippen LogP contribution in [-0.4, -0.2) is 77.0 Å². The number of tetrazole rings is 1. The molecule has 0 amide bonds. The zero-order chi connectivity index (χ0) is 21.5. The standard InChI is InChI=1S/C23H30N6O2/c1-30-17-16-29-23(24-25-26-29)22(20-10-6-7-11-21(20)31-2)28-14-12-27(13-15-28)18-19-8-4-3-5-9-19/h3-11,22H,12-18H2,1-2H3. The number of nitrogens with zero attached hydrogens (tertiary/aromatic N) is 6. The zero-order valence-corrected chi connectivity index (χ0v) is 18.2. The van der Waals surface area contributed by atoms with E-state index >= 15 is 0 Å². The van der Waals surface area contributed by atoms with Crippen molar-refractivity contribution in [2.24, 2.45) is 0 Å². The van der Waals surface area contributed by atoms with E-state index in [1.165, 1.54) is 5.56 Å². The van der Waals surface area contributed by atoms with Gasteiger partial charge in [-0.2, -0.15) is 0 Å². The molecule has 164 valence electrons. The second-order valence-corrected chi connectivity index (χ2v) is 7.70. The largest absolute Gasteiger partial charge is 0.496 e. The van der Waals surface area contributed by atoms with Gasteiger partial charge in [-0.1, -0.05) is 48.5 Å². The maximum absolute atomic E-state index is 5.70. The van der Waals surface area contributed by atoms with Gasteiger partial charge in [-0.3, -0.25) is 9.80 Å². The highest BCUT2D eigenvalue weighted by molar-refractivity contribution is 5.39. The molecule has 0 spiro atoms. The topological polar surface area (TPSA) is 68.5 Å². The molecule has 2 heterocycles. The minimum absolute atomic E-state index is 0.0816. The number of methoxy groups -OCH3 is 2. The Morgan fingerprint density at radius 2 is 1.68 bits per heavy atom. The fourth-order valence-corrected chi connectivity index (χ4v) is 4.16. The highest BCUT2D eigenvalue weighted by atomic mass is 16.5. The molecule has 4 rings (SSSR count). The van der Waals surface area contributed by atoms with Crippen LogP contribution in [0.3, 0.4) is 0 Å². The highest BCUT2D eigenvalue weighted by Crippen LogP contribution is 2.34. The number of hydrogen-bond acceptors (Lipinski definition) is 7. The number of hydrogen-bond donors (Lipinski definition) is 0. The normalized spacial score (nSPS) is 16.3. The smallest absolute Gasteiger partial charge is 0.173 e. The van der Waals surface area contributed by atoms with Gasteiger partial charge in [0.25, 0.3) is 0 Å². The molecule has 1 atom stereocenters. The van der Waals surface area contributed by atoms with Crippen LogP contribution in [0.15, 0.2) is 54.6 Å². The fourth-order valence-electron chi connectivity index (χ4n) is 4.16. The average Bonchev–Trinajstić information content (AvgIpc) is 3.28. The molecular formula is C23H30N6O2. The lowest BCUT2D eigenvalue weighted by Crippen LogP contribution is -2.48. The summed E-state index contributed by atoms with van der Waals surface area (Å²) < 4.78 is 12.8. The Balaban J connectivity index is 1.56. The lowest BCUT2D eigenvalue weighted by atomic mass is 10.0. The lowest BCUT2D eigenvalue weighted by Gasteiger charge is -2.39. The molecule has 1 saturated heterocycles. The Labute approximate surface area is 183 Å². The van der Waals surface area contributed by atoms with Gasteiger partial charge in [0.05, 0.1) is 20.3 Å². The van der Waals surface area contributed by atoms with Crippen molar-refractivity contribution >= 4 is 0 Å². The molecule has 0 bridgehead atoms. The number of benzene rings is 2. The van der Waals surface area contributed by atoms with Crippen molar-refractivity contribution < 1.29 is 9.47 Å². The van der Waals surface area contributed by atoms with Gasteiger partial charge in [0.1, 0.15) is 11.8 Å². The van der Waals surface area contributed by atoms with Crippen LogP contribution < -0.4 is 4.74 Å². The molecular weight excluding hydrogens is 392 g/mol. The minimum atomic E-state index is -0.0816. The number of para-hydroxylation sites is 1. The quantitative estimate of drug-likeness (QED) is 0.524. The second-order valence-electron chi connectivity index (χ2n) is 7.70. The lowest BCUT2D eigenvalue weighted by molar-refractivity contribution is 0.0979. The van der Waals surface area contributed by atoms with Crippen LogP contribution in [0.2, 0.25) is 0 Å². The van der Waals surface area contributed by atoms with E-state index in [0.717, 1.165) is 49.9 Å². The molecule has 1 aliphatic rings. The van der Waals surface area contributed by atoms with Gasteiger partial charge in [0.2, 0.25) is 0 Å². The molecule has 1 unspecified atom stereocenters. The Morgan fingerprint density at radius 1 is 0.935 bits per heavy atom. The van der Waals surface area contributed by atoms with Gasteiger partial charge < -0.3 is 9.47 Å². The highest BCUT2D eigenvalue weighted by Gasteiger charge is 2.32. The summed E-state index contributed by atoms with van der Waals surface area (Å²) in [5.41, 5.74) is 2.43. The molecule has 0 N–H and O–H groups in total. The third-order valence-corrected chi connectivity index (χ3v) is 5.77. The maximum atomic E-state index is 5.70. The van der Waals surface area contributed by atoms with E-state index in [9.17, 15) is 0 Å². The summed E-state index contributed by atoms with van der Waals surface area (Å²) in [6.45, 7) is 5.96. The van der Waals surface area contributed by atoms with Crippen LogP contribution in [0.4, 0.5) is 0 Å². The van der Waals surface area contributed by atoms with Crippen LogP contribution in [0.5, 0.6) is 5.75 Å². The Hall–Kier alpha value is -2.81. The molecule has 1 aliphatic heterocycles. The van der Waals surface area contributed by atoms with E-state index < -0.39 is 0 Å². The number of ether oxygens (including phenoxy) is 2. The summed E-state index contributed by atoms with van der Waals surface area (Å²) >= 11 is 0. The Kier molecular flexibility index (Phi) is 7.24. The Bertz CT molecular complexity index is 940. The minimum Gasteiger partial charge on any atom is -0.496 e. The first-order valence-electron chi connectivity index (χ1n) is 10.7. The van der Waals surface area contributed by atoms with E-state index in [-0.39, 0.29) is 6.04 Å². The van der Waals surface area contributed by atoms with Crippen molar-refractivity contribution in [2.45, 2.75) is 19.1 Å². The number of rotatable bonds is 9. The molecule has 8 nitrogen and oxygen atoms in total. The SMILES string of the molecule is COCCn1nnnc1C(c1ccccc1OC)N1CCN(Cc2ccccc2)CC1. The third kappa shape index (κ3) is 5.10. The second kappa shape index (κ2) is 10.5.